The van der Waals surface area contributed by atoms with Crippen LogP contribution in [0.25, 0.3) is 5.69 Å². The number of thiocarbonyl (C=S) groups is 1. The minimum absolute atomic E-state index is 0.280. The summed E-state index contributed by atoms with van der Waals surface area (Å²) in [5.41, 5.74) is 4.94. The van der Waals surface area contributed by atoms with E-state index in [1.54, 1.807) is 30.5 Å². The largest absolute Gasteiger partial charge is 0.351 e. The smallest absolute Gasteiger partial charge is 0.174 e. The molecule has 5 rings (SSSR count). The van der Waals surface area contributed by atoms with Gasteiger partial charge in [0, 0.05) is 17.6 Å². The highest BCUT2D eigenvalue weighted by Crippen LogP contribution is 2.44. The number of hydrogen-bond acceptors (Lipinski definition) is 2. The number of aryl methyl sites for hydroxylation is 1. The molecule has 2 aromatic carbocycles. The van der Waals surface area contributed by atoms with Crippen molar-refractivity contribution in [2.75, 3.05) is 4.90 Å². The molecule has 2 atom stereocenters. The maximum absolute atomic E-state index is 15.0. The van der Waals surface area contributed by atoms with Crippen LogP contribution in [0.4, 0.5) is 10.1 Å². The molecule has 2 aromatic heterocycles. The first-order chi connectivity index (χ1) is 16.4. The molecule has 1 N–H and O–H groups in total. The number of anilines is 1. The highest BCUT2D eigenvalue weighted by molar-refractivity contribution is 7.80. The van der Waals surface area contributed by atoms with E-state index in [1.165, 1.54) is 6.07 Å². The first-order valence-corrected chi connectivity index (χ1v) is 11.9. The minimum Gasteiger partial charge on any atom is -0.351 e. The summed E-state index contributed by atoms with van der Waals surface area (Å²) in [7, 11) is 0. The average Bonchev–Trinajstić information content (AvgIpc) is 3.32. The molecule has 0 aliphatic carbocycles. The molecule has 3 heterocycles. The van der Waals surface area contributed by atoms with Gasteiger partial charge in [0.2, 0.25) is 0 Å². The van der Waals surface area contributed by atoms with E-state index in [1.807, 2.05) is 49.1 Å². The molecule has 1 saturated heterocycles. The van der Waals surface area contributed by atoms with Gasteiger partial charge in [0.25, 0.3) is 0 Å². The van der Waals surface area contributed by atoms with Crippen molar-refractivity contribution in [1.29, 1.82) is 0 Å². The second-order valence-corrected chi connectivity index (χ2v) is 9.35. The van der Waals surface area contributed by atoms with E-state index in [4.69, 9.17) is 35.4 Å². The van der Waals surface area contributed by atoms with Gasteiger partial charge in [-0.2, -0.15) is 0 Å². The monoisotopic (exact) mass is 510 g/mol. The minimum atomic E-state index is -0.343. The normalized spacial score (nSPS) is 17.8. The van der Waals surface area contributed by atoms with Crippen molar-refractivity contribution in [3.63, 3.8) is 0 Å². The zero-order chi connectivity index (χ0) is 24.0. The number of halogens is 3. The average molecular weight is 511 g/mol. The van der Waals surface area contributed by atoms with Gasteiger partial charge in [0.15, 0.2) is 5.11 Å². The summed E-state index contributed by atoms with van der Waals surface area (Å²) in [5.74, 6) is -0.343. The summed E-state index contributed by atoms with van der Waals surface area (Å²) in [6, 6.07) is 19.5. The van der Waals surface area contributed by atoms with E-state index in [0.717, 1.165) is 28.3 Å². The molecule has 4 aromatic rings. The lowest BCUT2D eigenvalue weighted by Gasteiger charge is -2.28. The predicted molar refractivity (Wildman–Crippen MR) is 140 cm³/mol. The van der Waals surface area contributed by atoms with E-state index >= 15 is 0 Å². The Morgan fingerprint density at radius 3 is 2.44 bits per heavy atom. The van der Waals surface area contributed by atoms with E-state index in [2.05, 4.69) is 20.9 Å². The van der Waals surface area contributed by atoms with Crippen LogP contribution in [0.5, 0.6) is 0 Å². The molecule has 0 bridgehead atoms. The molecule has 8 heteroatoms. The van der Waals surface area contributed by atoms with Crippen LogP contribution in [0.1, 0.15) is 34.7 Å². The fourth-order valence-corrected chi connectivity index (χ4v) is 5.42. The molecule has 0 unspecified atom stereocenters. The van der Waals surface area contributed by atoms with Gasteiger partial charge in [-0.05, 0) is 74.1 Å². The Hall–Kier alpha value is -2.93. The third kappa shape index (κ3) is 3.76. The number of rotatable bonds is 4. The molecule has 4 nitrogen and oxygen atoms in total. The number of para-hydroxylation sites is 1. The van der Waals surface area contributed by atoms with Crippen molar-refractivity contribution in [1.82, 2.24) is 14.9 Å². The molecule has 1 aliphatic rings. The van der Waals surface area contributed by atoms with Crippen LogP contribution < -0.4 is 10.2 Å². The Balaban J connectivity index is 1.72. The van der Waals surface area contributed by atoms with Crippen LogP contribution in [-0.2, 0) is 0 Å². The highest BCUT2D eigenvalue weighted by Gasteiger charge is 2.43. The zero-order valence-electron chi connectivity index (χ0n) is 18.5. The summed E-state index contributed by atoms with van der Waals surface area (Å²) in [4.78, 5) is 6.42. The SMILES string of the molecule is Cc1cc([C@@H]2[C@H](c3ccccn3)NC(=S)N2c2ccccc2F)c(C)n1-c1cccc(Cl)c1Cl. The van der Waals surface area contributed by atoms with Gasteiger partial charge in [0.1, 0.15) is 5.82 Å². The van der Waals surface area contributed by atoms with E-state index < -0.39 is 0 Å². The number of nitrogens with one attached hydrogen (secondary N) is 1. The summed E-state index contributed by atoms with van der Waals surface area (Å²) in [5, 5.41) is 4.78. The van der Waals surface area contributed by atoms with Gasteiger partial charge in [-0.1, -0.05) is 47.5 Å². The van der Waals surface area contributed by atoms with E-state index in [9.17, 15) is 4.39 Å². The molecule has 0 radical (unpaired) electrons. The van der Waals surface area contributed by atoms with Gasteiger partial charge < -0.3 is 14.8 Å². The summed E-state index contributed by atoms with van der Waals surface area (Å²) in [6.45, 7) is 4.04. The molecule has 1 aliphatic heterocycles. The van der Waals surface area contributed by atoms with Crippen LogP contribution in [-0.4, -0.2) is 14.7 Å². The third-order valence-electron chi connectivity index (χ3n) is 6.17. The Kier molecular flexibility index (Phi) is 6.06. The van der Waals surface area contributed by atoms with Crippen molar-refractivity contribution in [3.05, 3.63) is 111 Å². The lowest BCUT2D eigenvalue weighted by molar-refractivity contribution is 0.556. The van der Waals surface area contributed by atoms with Crippen LogP contribution in [0, 0.1) is 19.7 Å². The third-order valence-corrected chi connectivity index (χ3v) is 7.29. The van der Waals surface area contributed by atoms with Crippen molar-refractivity contribution in [2.45, 2.75) is 25.9 Å². The molecular weight excluding hydrogens is 490 g/mol. The van der Waals surface area contributed by atoms with Crippen molar-refractivity contribution >= 4 is 46.2 Å². The maximum Gasteiger partial charge on any atom is 0.174 e. The topological polar surface area (TPSA) is 33.1 Å². The van der Waals surface area contributed by atoms with Gasteiger partial charge >= 0.3 is 0 Å². The van der Waals surface area contributed by atoms with Crippen LogP contribution in [0.2, 0.25) is 10.0 Å². The van der Waals surface area contributed by atoms with Crippen molar-refractivity contribution in [3.8, 4) is 5.69 Å². The van der Waals surface area contributed by atoms with Gasteiger partial charge in [-0.15, -0.1) is 0 Å². The summed E-state index contributed by atoms with van der Waals surface area (Å²) >= 11 is 18.6. The molecule has 0 saturated carbocycles. The molecule has 34 heavy (non-hydrogen) atoms. The fourth-order valence-electron chi connectivity index (χ4n) is 4.70. The Morgan fingerprint density at radius 2 is 1.71 bits per heavy atom. The second-order valence-electron chi connectivity index (χ2n) is 8.18. The lowest BCUT2D eigenvalue weighted by atomic mass is 9.96. The number of benzene rings is 2. The number of hydrogen-bond donors (Lipinski definition) is 1. The van der Waals surface area contributed by atoms with E-state index in [-0.39, 0.29) is 17.9 Å². The highest BCUT2D eigenvalue weighted by atomic mass is 35.5. The first kappa shape index (κ1) is 22.8. The van der Waals surface area contributed by atoms with Crippen LogP contribution in [0.3, 0.4) is 0 Å². The Morgan fingerprint density at radius 1 is 0.971 bits per heavy atom. The van der Waals surface area contributed by atoms with Crippen LogP contribution in [0.15, 0.2) is 72.9 Å². The number of aromatic nitrogens is 2. The van der Waals surface area contributed by atoms with Crippen molar-refractivity contribution in [2.24, 2.45) is 0 Å². The van der Waals surface area contributed by atoms with Gasteiger partial charge in [-0.25, -0.2) is 4.39 Å². The number of nitrogens with zero attached hydrogens (tertiary/aromatic N) is 3. The van der Waals surface area contributed by atoms with E-state index in [0.29, 0.717) is 20.8 Å². The molecular formula is C26H21Cl2FN4S. The molecule has 1 fully saturated rings. The Labute approximate surface area is 213 Å². The fraction of sp³-hybridized carbons (Fsp3) is 0.154. The summed E-state index contributed by atoms with van der Waals surface area (Å²) < 4.78 is 17.1. The molecule has 172 valence electrons. The summed E-state index contributed by atoms with van der Waals surface area (Å²) in [6.07, 6.45) is 1.75. The zero-order valence-corrected chi connectivity index (χ0v) is 20.8. The lowest BCUT2D eigenvalue weighted by Crippen LogP contribution is -2.30. The number of pyridine rings is 1. The van der Waals surface area contributed by atoms with Gasteiger partial charge in [-0.3, -0.25) is 4.98 Å². The molecule has 0 spiro atoms. The van der Waals surface area contributed by atoms with Gasteiger partial charge in [0.05, 0.1) is 39.2 Å². The first-order valence-electron chi connectivity index (χ1n) is 10.8. The van der Waals surface area contributed by atoms with Crippen molar-refractivity contribution < 1.29 is 4.39 Å². The maximum atomic E-state index is 15.0. The molecule has 0 amide bonds. The second kappa shape index (κ2) is 9.02. The van der Waals surface area contributed by atoms with Crippen LogP contribution >= 0.6 is 35.4 Å². The quantitative estimate of drug-likeness (QED) is 0.296. The Bertz CT molecular complexity index is 1390. The standard InChI is InChI=1S/C26H21Cl2FN4S/c1-15-14-17(16(2)32(15)22-12-7-8-18(27)23(22)28)25-24(20-10-5-6-13-30-20)31-26(34)33(25)21-11-4-3-9-19(21)29/h3-14,24-25H,1-2H3,(H,31,34)/t24-,25+/m0/s1. The predicted octanol–water partition coefficient (Wildman–Crippen LogP) is 7.11.